The van der Waals surface area contributed by atoms with Crippen LogP contribution in [0.2, 0.25) is 0 Å². The number of carbonyl (C=O) groups is 1. The molecule has 1 aliphatic heterocycles. The summed E-state index contributed by atoms with van der Waals surface area (Å²) in [5, 5.41) is 2.10. The van der Waals surface area contributed by atoms with E-state index in [0.29, 0.717) is 6.54 Å². The molecule has 1 heterocycles. The fourth-order valence-electron chi connectivity index (χ4n) is 2.48. The maximum Gasteiger partial charge on any atom is 0.275 e. The van der Waals surface area contributed by atoms with Crippen LogP contribution in [0.25, 0.3) is 0 Å². The molecule has 0 saturated carbocycles. The molecule has 0 aliphatic carbocycles. The van der Waals surface area contributed by atoms with Crippen molar-refractivity contribution in [2.45, 2.75) is 18.0 Å². The second kappa shape index (κ2) is 6.93. The van der Waals surface area contributed by atoms with Crippen LogP contribution in [-0.2, 0) is 21.2 Å². The summed E-state index contributed by atoms with van der Waals surface area (Å²) in [5.74, 6) is -0.746. The van der Waals surface area contributed by atoms with Crippen LogP contribution < -0.4 is 10.2 Å². The van der Waals surface area contributed by atoms with E-state index in [9.17, 15) is 17.6 Å². The highest BCUT2D eigenvalue weighted by atomic mass is 35.5. The zero-order valence-corrected chi connectivity index (χ0v) is 13.8. The summed E-state index contributed by atoms with van der Waals surface area (Å²) in [4.78, 5) is 12.9. The standard InChI is InChI=1S/C14H18ClFN2O3S/c1-18(6-10-2-4-11(16)5-3-10)7-14(19)17-13-9-22(20,21)8-12(13)15/h2-5,12-13H,6-9H2,1H3,(H,17,19)/p+1/t12-,13+/m0/s1. The number of carbonyl (C=O) groups excluding carboxylic acids is 1. The summed E-state index contributed by atoms with van der Waals surface area (Å²) in [6.07, 6.45) is 0. The Hall–Kier alpha value is -1.18. The Morgan fingerprint density at radius 3 is 2.55 bits per heavy atom. The van der Waals surface area contributed by atoms with Gasteiger partial charge in [-0.3, -0.25) is 4.79 Å². The molecule has 122 valence electrons. The monoisotopic (exact) mass is 349 g/mol. The van der Waals surface area contributed by atoms with Crippen molar-refractivity contribution < 1.29 is 22.5 Å². The lowest BCUT2D eigenvalue weighted by molar-refractivity contribution is -0.885. The van der Waals surface area contributed by atoms with Crippen molar-refractivity contribution >= 4 is 27.3 Å². The third-order valence-corrected chi connectivity index (χ3v) is 5.89. The molecule has 1 unspecified atom stereocenters. The molecule has 22 heavy (non-hydrogen) atoms. The molecule has 0 aromatic heterocycles. The third kappa shape index (κ3) is 4.93. The van der Waals surface area contributed by atoms with E-state index < -0.39 is 21.3 Å². The van der Waals surface area contributed by atoms with Crippen LogP contribution in [-0.4, -0.2) is 50.8 Å². The zero-order valence-electron chi connectivity index (χ0n) is 12.2. The number of nitrogens with one attached hydrogen (secondary N) is 2. The summed E-state index contributed by atoms with van der Waals surface area (Å²) < 4.78 is 35.7. The van der Waals surface area contributed by atoms with Crippen LogP contribution in [0.3, 0.4) is 0 Å². The van der Waals surface area contributed by atoms with E-state index in [2.05, 4.69) is 5.32 Å². The van der Waals surface area contributed by atoms with Crippen LogP contribution in [0.5, 0.6) is 0 Å². The minimum atomic E-state index is -3.16. The Morgan fingerprint density at radius 2 is 2.00 bits per heavy atom. The van der Waals surface area contributed by atoms with Gasteiger partial charge in [0.15, 0.2) is 16.4 Å². The lowest BCUT2D eigenvalue weighted by atomic mass is 10.2. The molecule has 0 radical (unpaired) electrons. The van der Waals surface area contributed by atoms with Gasteiger partial charge in [-0.1, -0.05) is 12.1 Å². The normalized spacial score (nSPS) is 24.9. The molecule has 1 fully saturated rings. The minimum Gasteiger partial charge on any atom is -0.346 e. The molecule has 1 saturated heterocycles. The van der Waals surface area contributed by atoms with Gasteiger partial charge in [0.05, 0.1) is 30.0 Å². The fraction of sp³-hybridized carbons (Fsp3) is 0.500. The number of likely N-dealkylation sites (N-methyl/N-ethyl adjacent to an activating group) is 1. The summed E-state index contributed by atoms with van der Waals surface area (Å²) in [6.45, 7) is 0.762. The van der Waals surface area contributed by atoms with Gasteiger partial charge in [0.2, 0.25) is 0 Å². The van der Waals surface area contributed by atoms with Crippen LogP contribution in [0.4, 0.5) is 4.39 Å². The van der Waals surface area contributed by atoms with E-state index in [-0.39, 0.29) is 29.8 Å². The van der Waals surface area contributed by atoms with Crippen molar-refractivity contribution in [1.29, 1.82) is 0 Å². The van der Waals surface area contributed by atoms with Gasteiger partial charge in [-0.25, -0.2) is 12.8 Å². The predicted octanol–water partition coefficient (Wildman–Crippen LogP) is -0.639. The highest BCUT2D eigenvalue weighted by Crippen LogP contribution is 2.17. The molecule has 8 heteroatoms. The van der Waals surface area contributed by atoms with Gasteiger partial charge in [0.1, 0.15) is 12.4 Å². The Bertz CT molecular complexity index is 636. The summed E-state index contributed by atoms with van der Waals surface area (Å²) >= 11 is 5.95. The average molecular weight is 350 g/mol. The van der Waals surface area contributed by atoms with Gasteiger partial charge in [0.25, 0.3) is 5.91 Å². The summed E-state index contributed by atoms with van der Waals surface area (Å²) in [5.41, 5.74) is 0.922. The van der Waals surface area contributed by atoms with Crippen LogP contribution in [0, 0.1) is 5.82 Å². The van der Waals surface area contributed by atoms with Gasteiger partial charge >= 0.3 is 0 Å². The Morgan fingerprint density at radius 1 is 1.36 bits per heavy atom. The Labute approximate surface area is 134 Å². The summed E-state index contributed by atoms with van der Waals surface area (Å²) in [6, 6.07) is 5.58. The third-order valence-electron chi connectivity index (χ3n) is 3.51. The van der Waals surface area contributed by atoms with Crippen molar-refractivity contribution in [3.05, 3.63) is 35.6 Å². The van der Waals surface area contributed by atoms with Gasteiger partial charge in [0, 0.05) is 5.56 Å². The van der Waals surface area contributed by atoms with E-state index in [0.717, 1.165) is 10.5 Å². The van der Waals surface area contributed by atoms with Crippen molar-refractivity contribution in [3.8, 4) is 0 Å². The number of halogens is 2. The maximum absolute atomic E-state index is 12.8. The molecule has 0 spiro atoms. The van der Waals surface area contributed by atoms with E-state index in [1.165, 1.54) is 12.1 Å². The number of hydrogen-bond donors (Lipinski definition) is 2. The first-order valence-corrected chi connectivity index (χ1v) is 9.20. The first kappa shape index (κ1) is 17.2. The molecule has 1 aliphatic rings. The highest BCUT2D eigenvalue weighted by Gasteiger charge is 2.37. The van der Waals surface area contributed by atoms with E-state index in [1.54, 1.807) is 12.1 Å². The first-order valence-electron chi connectivity index (χ1n) is 6.95. The number of rotatable bonds is 5. The molecule has 1 aromatic carbocycles. The predicted molar refractivity (Wildman–Crippen MR) is 82.1 cm³/mol. The minimum absolute atomic E-state index is 0.0994. The van der Waals surface area contributed by atoms with Crippen LogP contribution in [0.1, 0.15) is 5.56 Å². The van der Waals surface area contributed by atoms with E-state index in [4.69, 9.17) is 11.6 Å². The number of benzene rings is 1. The van der Waals surface area contributed by atoms with Gasteiger partial charge in [-0.2, -0.15) is 0 Å². The lowest BCUT2D eigenvalue weighted by Crippen LogP contribution is -3.09. The maximum atomic E-state index is 12.8. The second-order valence-electron chi connectivity index (χ2n) is 5.70. The first-order chi connectivity index (χ1) is 10.2. The Balaban J connectivity index is 1.83. The molecule has 2 N–H and O–H groups in total. The van der Waals surface area contributed by atoms with Crippen molar-refractivity contribution in [2.24, 2.45) is 0 Å². The van der Waals surface area contributed by atoms with Crippen molar-refractivity contribution in [1.82, 2.24) is 5.32 Å². The number of quaternary nitrogens is 1. The number of hydrogen-bond acceptors (Lipinski definition) is 3. The average Bonchev–Trinajstić information content (AvgIpc) is 2.64. The Kier molecular flexibility index (Phi) is 5.41. The molecule has 1 amide bonds. The molecular weight excluding hydrogens is 331 g/mol. The number of alkyl halides is 1. The lowest BCUT2D eigenvalue weighted by Gasteiger charge is -2.17. The second-order valence-corrected chi connectivity index (χ2v) is 8.42. The van der Waals surface area contributed by atoms with Crippen molar-refractivity contribution in [2.75, 3.05) is 25.1 Å². The van der Waals surface area contributed by atoms with E-state index >= 15 is 0 Å². The van der Waals surface area contributed by atoms with Crippen LogP contribution >= 0.6 is 11.6 Å². The van der Waals surface area contributed by atoms with Crippen LogP contribution in [0.15, 0.2) is 24.3 Å². The fourth-order valence-corrected chi connectivity index (χ4v) is 5.03. The van der Waals surface area contributed by atoms with Gasteiger partial charge in [-0.05, 0) is 12.1 Å². The number of sulfone groups is 1. The van der Waals surface area contributed by atoms with Crippen molar-refractivity contribution in [3.63, 3.8) is 0 Å². The smallest absolute Gasteiger partial charge is 0.275 e. The highest BCUT2D eigenvalue weighted by molar-refractivity contribution is 7.91. The SMILES string of the molecule is C[NH+](CC(=O)N[C@@H]1CS(=O)(=O)C[C@@H]1Cl)Cc1ccc(F)cc1. The van der Waals surface area contributed by atoms with E-state index in [1.807, 2.05) is 7.05 Å². The molecule has 0 bridgehead atoms. The van der Waals surface area contributed by atoms with Gasteiger partial charge in [-0.15, -0.1) is 11.6 Å². The molecule has 2 rings (SSSR count). The summed E-state index contributed by atoms with van der Waals surface area (Å²) in [7, 11) is -1.32. The largest absolute Gasteiger partial charge is 0.346 e. The molecule has 5 nitrogen and oxygen atoms in total. The molecule has 3 atom stereocenters. The molecular formula is C14H19ClFN2O3S+. The van der Waals surface area contributed by atoms with Gasteiger partial charge < -0.3 is 10.2 Å². The number of amides is 1. The zero-order chi connectivity index (χ0) is 16.3. The topological polar surface area (TPSA) is 67.7 Å². The quantitative estimate of drug-likeness (QED) is 0.695. The molecule has 1 aromatic rings.